The van der Waals surface area contributed by atoms with E-state index < -0.39 is 0 Å². The number of ether oxygens (including phenoxy) is 1. The lowest BCUT2D eigenvalue weighted by molar-refractivity contribution is -0.129. The van der Waals surface area contributed by atoms with E-state index in [1.54, 1.807) is 11.8 Å². The molecule has 1 fully saturated rings. The average Bonchev–Trinajstić information content (AvgIpc) is 3.13. The molecule has 0 aromatic heterocycles. The molecule has 1 amide bonds. The van der Waals surface area contributed by atoms with Crippen molar-refractivity contribution in [1.82, 2.24) is 4.90 Å². The summed E-state index contributed by atoms with van der Waals surface area (Å²) in [4.78, 5) is 18.3. The van der Waals surface area contributed by atoms with E-state index in [0.29, 0.717) is 6.54 Å². The smallest absolute Gasteiger partial charge is 0.236 e. The summed E-state index contributed by atoms with van der Waals surface area (Å²) in [6.07, 6.45) is 0.833. The summed E-state index contributed by atoms with van der Waals surface area (Å²) in [6, 6.07) is 16.9. The molecule has 4 rings (SSSR count). The molecule has 2 aliphatic rings. The van der Waals surface area contributed by atoms with E-state index in [1.807, 2.05) is 24.1 Å². The second-order valence-electron chi connectivity index (χ2n) is 6.88. The zero-order valence-corrected chi connectivity index (χ0v) is 15.9. The lowest BCUT2D eigenvalue weighted by Crippen LogP contribution is -2.36. The van der Waals surface area contributed by atoms with Crippen molar-refractivity contribution < 1.29 is 9.53 Å². The predicted molar refractivity (Wildman–Crippen MR) is 106 cm³/mol. The fourth-order valence-electron chi connectivity index (χ4n) is 3.55. The minimum atomic E-state index is 0.00465. The molecule has 4 nitrogen and oxygen atoms in total. The number of fused-ring (bicyclic) bond motifs is 1. The Labute approximate surface area is 159 Å². The number of thioether (sulfide) groups is 1. The van der Waals surface area contributed by atoms with Crippen molar-refractivity contribution in [3.05, 3.63) is 59.7 Å². The van der Waals surface area contributed by atoms with Gasteiger partial charge >= 0.3 is 0 Å². The third-order valence-electron chi connectivity index (χ3n) is 5.03. The Kier molecular flexibility index (Phi) is 5.18. The first kappa shape index (κ1) is 17.4. The van der Waals surface area contributed by atoms with Crippen LogP contribution in [0.15, 0.2) is 53.4 Å². The number of nitrogens with zero attached hydrogens (tertiary/aromatic N) is 2. The van der Waals surface area contributed by atoms with E-state index in [1.165, 1.54) is 21.7 Å². The lowest BCUT2D eigenvalue weighted by Gasteiger charge is -2.29. The van der Waals surface area contributed by atoms with Crippen molar-refractivity contribution in [2.24, 2.45) is 0 Å². The largest absolute Gasteiger partial charge is 0.378 e. The van der Waals surface area contributed by atoms with Crippen LogP contribution in [0.25, 0.3) is 0 Å². The predicted octanol–water partition coefficient (Wildman–Crippen LogP) is 3.20. The topological polar surface area (TPSA) is 32.8 Å². The highest BCUT2D eigenvalue weighted by Crippen LogP contribution is 2.37. The maximum absolute atomic E-state index is 12.8. The van der Waals surface area contributed by atoms with Crippen molar-refractivity contribution in [1.29, 1.82) is 0 Å². The summed E-state index contributed by atoms with van der Waals surface area (Å²) in [5.41, 5.74) is 3.69. The van der Waals surface area contributed by atoms with Crippen molar-refractivity contribution in [2.45, 2.75) is 23.1 Å². The highest BCUT2D eigenvalue weighted by Gasteiger charge is 2.30. The van der Waals surface area contributed by atoms with Crippen LogP contribution in [-0.4, -0.2) is 49.4 Å². The van der Waals surface area contributed by atoms with Crippen LogP contribution in [0.5, 0.6) is 0 Å². The van der Waals surface area contributed by atoms with Crippen LogP contribution in [0, 0.1) is 0 Å². The van der Waals surface area contributed by atoms with Crippen LogP contribution < -0.4 is 4.90 Å². The zero-order valence-electron chi connectivity index (χ0n) is 15.1. The summed E-state index contributed by atoms with van der Waals surface area (Å²) in [5.74, 6) is 0.212. The van der Waals surface area contributed by atoms with Gasteiger partial charge in [0.15, 0.2) is 0 Å². The van der Waals surface area contributed by atoms with Crippen molar-refractivity contribution >= 4 is 23.4 Å². The minimum Gasteiger partial charge on any atom is -0.378 e. The maximum atomic E-state index is 12.8. The molecule has 1 atom stereocenters. The van der Waals surface area contributed by atoms with Gasteiger partial charge in [0.1, 0.15) is 0 Å². The number of benzene rings is 2. The summed E-state index contributed by atoms with van der Waals surface area (Å²) in [5, 5.41) is 0.00465. The molecule has 0 spiro atoms. The van der Waals surface area contributed by atoms with Crippen LogP contribution in [-0.2, 0) is 22.5 Å². The van der Waals surface area contributed by atoms with E-state index in [4.69, 9.17) is 4.74 Å². The number of hydrogen-bond donors (Lipinski definition) is 0. The first-order valence-corrected chi connectivity index (χ1v) is 10.00. The molecule has 5 heteroatoms. The first-order valence-electron chi connectivity index (χ1n) is 9.12. The number of morpholine rings is 1. The van der Waals surface area contributed by atoms with Crippen LogP contribution in [0.2, 0.25) is 0 Å². The fourth-order valence-corrected chi connectivity index (χ4v) is 4.86. The standard InChI is InChI=1S/C21H24N2O2S/c1-22(21(24)20-14-17-4-2-3-5-19(17)26-20)15-16-6-8-18(9-7-16)23-10-12-25-13-11-23/h2-9,20H,10-15H2,1H3. The number of hydrogen-bond acceptors (Lipinski definition) is 4. The van der Waals surface area contributed by atoms with Crippen molar-refractivity contribution in [3.63, 3.8) is 0 Å². The maximum Gasteiger partial charge on any atom is 0.236 e. The summed E-state index contributed by atoms with van der Waals surface area (Å²) < 4.78 is 5.41. The van der Waals surface area contributed by atoms with Gasteiger partial charge in [-0.25, -0.2) is 0 Å². The first-order chi connectivity index (χ1) is 12.7. The Balaban J connectivity index is 1.35. The molecule has 1 saturated heterocycles. The number of anilines is 1. The molecular weight excluding hydrogens is 344 g/mol. The highest BCUT2D eigenvalue weighted by molar-refractivity contribution is 8.01. The van der Waals surface area contributed by atoms with Gasteiger partial charge in [-0.15, -0.1) is 11.8 Å². The second kappa shape index (κ2) is 7.72. The molecule has 0 aliphatic carbocycles. The summed E-state index contributed by atoms with van der Waals surface area (Å²) >= 11 is 1.69. The van der Waals surface area contributed by atoms with E-state index in [9.17, 15) is 4.79 Å². The van der Waals surface area contributed by atoms with Gasteiger partial charge in [-0.05, 0) is 35.7 Å². The molecule has 2 heterocycles. The summed E-state index contributed by atoms with van der Waals surface area (Å²) in [7, 11) is 1.90. The normalized spacial score (nSPS) is 19.3. The Hall–Kier alpha value is -1.98. The lowest BCUT2D eigenvalue weighted by atomic mass is 10.1. The molecule has 0 N–H and O–H groups in total. The third-order valence-corrected chi connectivity index (χ3v) is 6.34. The monoisotopic (exact) mass is 368 g/mol. The van der Waals surface area contributed by atoms with Crippen LogP contribution >= 0.6 is 11.8 Å². The molecule has 2 aliphatic heterocycles. The van der Waals surface area contributed by atoms with Gasteiger partial charge in [-0.3, -0.25) is 4.79 Å². The van der Waals surface area contributed by atoms with E-state index in [-0.39, 0.29) is 11.2 Å². The average molecular weight is 369 g/mol. The fraction of sp³-hybridized carbons (Fsp3) is 0.381. The molecule has 0 radical (unpaired) electrons. The molecule has 2 aromatic rings. The number of rotatable bonds is 4. The SMILES string of the molecule is CN(Cc1ccc(N2CCOCC2)cc1)C(=O)C1Cc2ccccc2S1. The van der Waals surface area contributed by atoms with Gasteiger partial charge in [-0.1, -0.05) is 30.3 Å². The van der Waals surface area contributed by atoms with Gasteiger partial charge in [0.2, 0.25) is 5.91 Å². The molecule has 1 unspecified atom stereocenters. The van der Waals surface area contributed by atoms with Crippen LogP contribution in [0.1, 0.15) is 11.1 Å². The Bertz CT molecular complexity index is 747. The quantitative estimate of drug-likeness (QED) is 0.830. The van der Waals surface area contributed by atoms with Gasteiger partial charge in [0, 0.05) is 37.3 Å². The van der Waals surface area contributed by atoms with Gasteiger partial charge in [0.05, 0.1) is 18.5 Å². The van der Waals surface area contributed by atoms with Crippen molar-refractivity contribution in [2.75, 3.05) is 38.3 Å². The molecular formula is C21H24N2O2S. The van der Waals surface area contributed by atoms with Crippen LogP contribution in [0.3, 0.4) is 0 Å². The molecule has 26 heavy (non-hydrogen) atoms. The van der Waals surface area contributed by atoms with Gasteiger partial charge < -0.3 is 14.5 Å². The number of carbonyl (C=O) groups is 1. The Morgan fingerprint density at radius 1 is 1.15 bits per heavy atom. The van der Waals surface area contributed by atoms with E-state index in [2.05, 4.69) is 41.3 Å². The van der Waals surface area contributed by atoms with Crippen LogP contribution in [0.4, 0.5) is 5.69 Å². The minimum absolute atomic E-state index is 0.00465. The second-order valence-corrected chi connectivity index (χ2v) is 8.12. The summed E-state index contributed by atoms with van der Waals surface area (Å²) in [6.45, 7) is 4.12. The zero-order chi connectivity index (χ0) is 17.9. The number of carbonyl (C=O) groups excluding carboxylic acids is 1. The van der Waals surface area contributed by atoms with Gasteiger partial charge in [0.25, 0.3) is 0 Å². The number of amides is 1. The molecule has 2 aromatic carbocycles. The molecule has 136 valence electrons. The Morgan fingerprint density at radius 2 is 1.88 bits per heavy atom. The highest BCUT2D eigenvalue weighted by atomic mass is 32.2. The van der Waals surface area contributed by atoms with E-state index >= 15 is 0 Å². The van der Waals surface area contributed by atoms with Crippen molar-refractivity contribution in [3.8, 4) is 0 Å². The Morgan fingerprint density at radius 3 is 2.62 bits per heavy atom. The van der Waals surface area contributed by atoms with Gasteiger partial charge in [-0.2, -0.15) is 0 Å². The molecule has 0 bridgehead atoms. The molecule has 0 saturated carbocycles. The van der Waals surface area contributed by atoms with E-state index in [0.717, 1.165) is 32.7 Å². The third kappa shape index (κ3) is 3.74.